The van der Waals surface area contributed by atoms with Crippen molar-refractivity contribution in [3.05, 3.63) is 70.5 Å². The van der Waals surface area contributed by atoms with E-state index in [0.717, 1.165) is 44.8 Å². The zero-order valence-corrected chi connectivity index (χ0v) is 19.2. The number of nitrogens with zero attached hydrogens (tertiary/aromatic N) is 3. The highest BCUT2D eigenvalue weighted by atomic mass is 32.1. The molecule has 1 fully saturated rings. The minimum Gasteiger partial charge on any atom is -0.390 e. The van der Waals surface area contributed by atoms with Crippen molar-refractivity contribution >= 4 is 28.1 Å². The molecule has 1 saturated carbocycles. The summed E-state index contributed by atoms with van der Waals surface area (Å²) in [6.45, 7) is 3.01. The van der Waals surface area contributed by atoms with Crippen LogP contribution < -0.4 is 0 Å². The second kappa shape index (κ2) is 9.03. The number of amides is 1. The van der Waals surface area contributed by atoms with E-state index in [4.69, 9.17) is 0 Å². The highest BCUT2D eigenvalue weighted by molar-refractivity contribution is 7.15. The number of carbonyl (C=O) groups is 1. The molecule has 6 nitrogen and oxygen atoms in total. The first-order chi connectivity index (χ1) is 16.0. The molecule has 8 heteroatoms. The number of carbonyl (C=O) groups excluding carboxylic acids is 1. The molecule has 1 aliphatic rings. The first kappa shape index (κ1) is 21.7. The quantitative estimate of drug-likeness (QED) is 0.395. The fourth-order valence-corrected chi connectivity index (χ4v) is 4.97. The number of fused-ring (bicyclic) bond motifs is 1. The molecule has 0 atom stereocenters. The maximum atomic E-state index is 13.8. The van der Waals surface area contributed by atoms with E-state index in [1.165, 1.54) is 17.4 Å². The van der Waals surface area contributed by atoms with Gasteiger partial charge in [-0.25, -0.2) is 9.37 Å². The number of rotatable bonds is 8. The number of aryl methyl sites for hydroxylation is 1. The molecule has 0 radical (unpaired) electrons. The molecule has 1 aliphatic carbocycles. The Labute approximate surface area is 195 Å². The Balaban J connectivity index is 1.41. The Morgan fingerprint density at radius 1 is 1.30 bits per heavy atom. The molecule has 0 aliphatic heterocycles. The molecule has 170 valence electrons. The summed E-state index contributed by atoms with van der Waals surface area (Å²) in [5.41, 5.74) is 3.74. The normalized spacial score (nSPS) is 13.5. The van der Waals surface area contributed by atoms with Crippen LogP contribution in [-0.2, 0) is 13.0 Å². The van der Waals surface area contributed by atoms with Gasteiger partial charge in [0.2, 0.25) is 0 Å². The minimum absolute atomic E-state index is 0.0847. The number of hydrogen-bond donors (Lipinski definition) is 2. The van der Waals surface area contributed by atoms with Crippen LogP contribution in [0.25, 0.3) is 21.3 Å². The van der Waals surface area contributed by atoms with Gasteiger partial charge < -0.3 is 15.0 Å². The van der Waals surface area contributed by atoms with Gasteiger partial charge >= 0.3 is 0 Å². The fraction of sp³-hybridized carbons (Fsp3) is 0.320. The molecule has 2 N–H and O–H groups in total. The van der Waals surface area contributed by atoms with Crippen LogP contribution in [0, 0.1) is 18.7 Å². The van der Waals surface area contributed by atoms with Gasteiger partial charge in [0.1, 0.15) is 11.5 Å². The monoisotopic (exact) mass is 464 g/mol. The van der Waals surface area contributed by atoms with Crippen LogP contribution in [-0.4, -0.2) is 44.0 Å². The van der Waals surface area contributed by atoms with Crippen molar-refractivity contribution in [1.82, 2.24) is 19.9 Å². The van der Waals surface area contributed by atoms with Crippen LogP contribution >= 0.6 is 11.3 Å². The van der Waals surface area contributed by atoms with Gasteiger partial charge in [0.05, 0.1) is 22.2 Å². The van der Waals surface area contributed by atoms with Gasteiger partial charge in [0, 0.05) is 41.9 Å². The van der Waals surface area contributed by atoms with Crippen molar-refractivity contribution in [3.63, 3.8) is 0 Å². The van der Waals surface area contributed by atoms with Crippen molar-refractivity contribution in [3.8, 4) is 10.4 Å². The summed E-state index contributed by atoms with van der Waals surface area (Å²) >= 11 is 1.47. The Hall–Kier alpha value is -3.10. The van der Waals surface area contributed by atoms with E-state index < -0.39 is 0 Å². The molecule has 3 heterocycles. The van der Waals surface area contributed by atoms with Crippen LogP contribution in [0.3, 0.4) is 0 Å². The summed E-state index contributed by atoms with van der Waals surface area (Å²) in [4.78, 5) is 28.4. The third kappa shape index (κ3) is 4.67. The average molecular weight is 465 g/mol. The number of aliphatic hydroxyl groups is 1. The van der Waals surface area contributed by atoms with Gasteiger partial charge in [-0.05, 0) is 61.9 Å². The van der Waals surface area contributed by atoms with E-state index in [2.05, 4.69) is 15.0 Å². The lowest BCUT2D eigenvalue weighted by molar-refractivity contribution is 0.0745. The predicted molar refractivity (Wildman–Crippen MR) is 127 cm³/mol. The van der Waals surface area contributed by atoms with Crippen LogP contribution in [0.1, 0.15) is 39.6 Å². The fourth-order valence-electron chi connectivity index (χ4n) is 4.07. The number of pyridine rings is 1. The Morgan fingerprint density at radius 3 is 2.88 bits per heavy atom. The van der Waals surface area contributed by atoms with E-state index in [0.29, 0.717) is 36.8 Å². The standard InChI is InChI=1S/C25H25FN4O2S/c1-15-29-23(24(33-15)18-4-6-20(14-31)27-12-18)25(32)30(13-16-2-3-16)9-8-17-11-28-22-7-5-19(26)10-21(17)22/h4-7,10-12,16,28,31H,2-3,8-9,13-14H2,1H3. The number of nitrogens with one attached hydrogen (secondary N) is 1. The van der Waals surface area contributed by atoms with Crippen LogP contribution in [0.5, 0.6) is 0 Å². The number of halogens is 1. The maximum absolute atomic E-state index is 13.8. The second-order valence-electron chi connectivity index (χ2n) is 8.56. The average Bonchev–Trinajstić information content (AvgIpc) is 3.43. The third-order valence-corrected chi connectivity index (χ3v) is 7.05. The number of aromatic nitrogens is 3. The molecular formula is C25H25FN4O2S. The largest absolute Gasteiger partial charge is 0.390 e. The number of aromatic amines is 1. The minimum atomic E-state index is -0.266. The van der Waals surface area contributed by atoms with Crippen LogP contribution in [0.4, 0.5) is 4.39 Å². The van der Waals surface area contributed by atoms with Gasteiger partial charge in [0.15, 0.2) is 0 Å². The summed E-state index contributed by atoms with van der Waals surface area (Å²) in [5.74, 6) is 0.180. The molecule has 4 aromatic rings. The number of hydrogen-bond acceptors (Lipinski definition) is 5. The van der Waals surface area contributed by atoms with Crippen molar-refractivity contribution in [2.24, 2.45) is 5.92 Å². The highest BCUT2D eigenvalue weighted by Gasteiger charge is 2.30. The zero-order chi connectivity index (χ0) is 22.9. The topological polar surface area (TPSA) is 82.1 Å². The number of benzene rings is 1. The summed E-state index contributed by atoms with van der Waals surface area (Å²) in [7, 11) is 0. The zero-order valence-electron chi connectivity index (χ0n) is 18.3. The first-order valence-corrected chi connectivity index (χ1v) is 11.9. The number of aliphatic hydroxyl groups excluding tert-OH is 1. The molecule has 5 rings (SSSR count). The molecule has 3 aromatic heterocycles. The van der Waals surface area contributed by atoms with Crippen molar-refractivity contribution < 1.29 is 14.3 Å². The smallest absolute Gasteiger partial charge is 0.274 e. The molecular weight excluding hydrogens is 439 g/mol. The third-order valence-electron chi connectivity index (χ3n) is 6.03. The second-order valence-corrected chi connectivity index (χ2v) is 9.76. The van der Waals surface area contributed by atoms with Gasteiger partial charge in [-0.15, -0.1) is 11.3 Å². The molecule has 0 saturated heterocycles. The lowest BCUT2D eigenvalue weighted by Crippen LogP contribution is -2.35. The maximum Gasteiger partial charge on any atom is 0.274 e. The van der Waals surface area contributed by atoms with Gasteiger partial charge in [-0.1, -0.05) is 6.07 Å². The van der Waals surface area contributed by atoms with E-state index in [1.807, 2.05) is 24.1 Å². The first-order valence-electron chi connectivity index (χ1n) is 11.1. The molecule has 0 bridgehead atoms. The summed E-state index contributed by atoms with van der Waals surface area (Å²) < 4.78 is 13.8. The molecule has 33 heavy (non-hydrogen) atoms. The predicted octanol–water partition coefficient (Wildman–Crippen LogP) is 4.72. The molecule has 0 unspecified atom stereocenters. The van der Waals surface area contributed by atoms with E-state index in [9.17, 15) is 14.3 Å². The SMILES string of the molecule is Cc1nc(C(=O)N(CCc2c[nH]c3ccc(F)cc23)CC2CC2)c(-c2ccc(CO)nc2)s1. The number of H-pyrrole nitrogens is 1. The Kier molecular flexibility index (Phi) is 5.95. The lowest BCUT2D eigenvalue weighted by Gasteiger charge is -2.22. The van der Waals surface area contributed by atoms with E-state index in [-0.39, 0.29) is 18.3 Å². The molecule has 1 amide bonds. The Bertz CT molecular complexity index is 1290. The van der Waals surface area contributed by atoms with E-state index in [1.54, 1.807) is 24.4 Å². The lowest BCUT2D eigenvalue weighted by atomic mass is 10.1. The van der Waals surface area contributed by atoms with Crippen LogP contribution in [0.2, 0.25) is 0 Å². The summed E-state index contributed by atoms with van der Waals surface area (Å²) in [6, 6.07) is 8.35. The molecule has 0 spiro atoms. The summed E-state index contributed by atoms with van der Waals surface area (Å²) in [6.07, 6.45) is 6.49. The summed E-state index contributed by atoms with van der Waals surface area (Å²) in [5, 5.41) is 10.9. The Morgan fingerprint density at radius 2 is 2.15 bits per heavy atom. The van der Waals surface area contributed by atoms with Crippen LogP contribution in [0.15, 0.2) is 42.7 Å². The van der Waals surface area contributed by atoms with Crippen molar-refractivity contribution in [2.45, 2.75) is 32.8 Å². The van der Waals surface area contributed by atoms with E-state index >= 15 is 0 Å². The van der Waals surface area contributed by atoms with Gasteiger partial charge in [-0.2, -0.15) is 0 Å². The van der Waals surface area contributed by atoms with Gasteiger partial charge in [0.25, 0.3) is 5.91 Å². The highest BCUT2D eigenvalue weighted by Crippen LogP contribution is 2.34. The van der Waals surface area contributed by atoms with Crippen molar-refractivity contribution in [1.29, 1.82) is 0 Å². The number of thiazole rings is 1. The molecule has 1 aromatic carbocycles. The van der Waals surface area contributed by atoms with Crippen molar-refractivity contribution in [2.75, 3.05) is 13.1 Å². The van der Waals surface area contributed by atoms with Gasteiger partial charge in [-0.3, -0.25) is 9.78 Å².